The van der Waals surface area contributed by atoms with Gasteiger partial charge in [-0.2, -0.15) is 11.8 Å². The summed E-state index contributed by atoms with van der Waals surface area (Å²) in [4.78, 5) is 14.2. The van der Waals surface area contributed by atoms with Crippen molar-refractivity contribution in [2.45, 2.75) is 18.6 Å². The fourth-order valence-electron chi connectivity index (χ4n) is 2.14. The summed E-state index contributed by atoms with van der Waals surface area (Å²) < 4.78 is 0. The van der Waals surface area contributed by atoms with Crippen LogP contribution < -0.4 is 11.1 Å². The molecule has 0 saturated carbocycles. The first kappa shape index (κ1) is 14.2. The van der Waals surface area contributed by atoms with Crippen molar-refractivity contribution in [1.82, 2.24) is 4.90 Å². The van der Waals surface area contributed by atoms with Gasteiger partial charge in [-0.15, -0.1) is 0 Å². The molecule has 1 aliphatic heterocycles. The van der Waals surface area contributed by atoms with Gasteiger partial charge < -0.3 is 16.0 Å². The number of hydrogen-bond donors (Lipinski definition) is 2. The SMILES string of the molecule is CC1CN(CCC(=O)Nc2ccc(N)cc2)CCS1. The van der Waals surface area contributed by atoms with Crippen LogP contribution >= 0.6 is 11.8 Å². The number of hydrogen-bond acceptors (Lipinski definition) is 4. The lowest BCUT2D eigenvalue weighted by Crippen LogP contribution is -2.38. The molecule has 2 rings (SSSR count). The standard InChI is InChI=1S/C14H21N3OS/c1-11-10-17(8-9-19-11)7-6-14(18)16-13-4-2-12(15)3-5-13/h2-5,11H,6-10,15H2,1H3,(H,16,18). The molecule has 1 saturated heterocycles. The van der Waals surface area contributed by atoms with Crippen molar-refractivity contribution in [3.63, 3.8) is 0 Å². The molecule has 104 valence electrons. The summed E-state index contributed by atoms with van der Waals surface area (Å²) >= 11 is 2.01. The van der Waals surface area contributed by atoms with E-state index < -0.39 is 0 Å². The summed E-state index contributed by atoms with van der Waals surface area (Å²) in [7, 11) is 0. The van der Waals surface area contributed by atoms with Crippen LogP contribution in [0.15, 0.2) is 24.3 Å². The van der Waals surface area contributed by atoms with E-state index in [0.717, 1.165) is 25.3 Å². The molecule has 3 N–H and O–H groups in total. The monoisotopic (exact) mass is 279 g/mol. The number of benzene rings is 1. The molecule has 1 unspecified atom stereocenters. The summed E-state index contributed by atoms with van der Waals surface area (Å²) in [5.41, 5.74) is 7.12. The Labute approximate surface area is 118 Å². The zero-order valence-corrected chi connectivity index (χ0v) is 12.1. The van der Waals surface area contributed by atoms with E-state index in [1.54, 1.807) is 12.1 Å². The van der Waals surface area contributed by atoms with Crippen LogP contribution in [0, 0.1) is 0 Å². The summed E-state index contributed by atoms with van der Waals surface area (Å²) in [6, 6.07) is 7.23. The third kappa shape index (κ3) is 4.76. The van der Waals surface area contributed by atoms with Crippen molar-refractivity contribution >= 4 is 29.0 Å². The Morgan fingerprint density at radius 3 is 2.89 bits per heavy atom. The Hall–Kier alpha value is -1.20. The highest BCUT2D eigenvalue weighted by Crippen LogP contribution is 2.17. The second-order valence-electron chi connectivity index (χ2n) is 4.90. The van der Waals surface area contributed by atoms with Gasteiger partial charge in [0.05, 0.1) is 0 Å². The first-order valence-corrected chi connectivity index (χ1v) is 7.68. The Bertz CT molecular complexity index is 421. The van der Waals surface area contributed by atoms with Crippen LogP contribution in [0.25, 0.3) is 0 Å². The third-order valence-corrected chi connectivity index (χ3v) is 4.31. The smallest absolute Gasteiger partial charge is 0.225 e. The maximum Gasteiger partial charge on any atom is 0.225 e. The molecule has 0 radical (unpaired) electrons. The molecule has 1 aromatic rings. The number of anilines is 2. The van der Waals surface area contributed by atoms with Gasteiger partial charge in [0.15, 0.2) is 0 Å². The molecule has 1 amide bonds. The molecule has 0 aromatic heterocycles. The van der Waals surface area contributed by atoms with E-state index >= 15 is 0 Å². The van der Waals surface area contributed by atoms with E-state index in [9.17, 15) is 4.79 Å². The van der Waals surface area contributed by atoms with E-state index in [1.807, 2.05) is 23.9 Å². The lowest BCUT2D eigenvalue weighted by Gasteiger charge is -2.30. The normalized spacial score (nSPS) is 20.2. The molecule has 5 heteroatoms. The van der Waals surface area contributed by atoms with E-state index in [0.29, 0.717) is 17.4 Å². The summed E-state index contributed by atoms with van der Waals surface area (Å²) in [5, 5.41) is 3.57. The Morgan fingerprint density at radius 2 is 2.21 bits per heavy atom. The average Bonchev–Trinajstić information content (AvgIpc) is 2.39. The largest absolute Gasteiger partial charge is 0.399 e. The number of thioether (sulfide) groups is 1. The zero-order chi connectivity index (χ0) is 13.7. The minimum absolute atomic E-state index is 0.0654. The number of carbonyl (C=O) groups excluding carboxylic acids is 1. The van der Waals surface area contributed by atoms with Crippen LogP contribution in [-0.4, -0.2) is 41.4 Å². The molecule has 1 aliphatic rings. The van der Waals surface area contributed by atoms with Crippen molar-refractivity contribution in [3.05, 3.63) is 24.3 Å². The van der Waals surface area contributed by atoms with Crippen molar-refractivity contribution < 1.29 is 4.79 Å². The van der Waals surface area contributed by atoms with Crippen molar-refractivity contribution in [2.75, 3.05) is 36.4 Å². The highest BCUT2D eigenvalue weighted by atomic mass is 32.2. The van der Waals surface area contributed by atoms with E-state index in [4.69, 9.17) is 5.73 Å². The van der Waals surface area contributed by atoms with Gasteiger partial charge in [0.2, 0.25) is 5.91 Å². The number of nitrogens with one attached hydrogen (secondary N) is 1. The van der Waals surface area contributed by atoms with Gasteiger partial charge in [0.1, 0.15) is 0 Å². The van der Waals surface area contributed by atoms with Crippen LogP contribution in [0.2, 0.25) is 0 Å². The van der Waals surface area contributed by atoms with Gasteiger partial charge in [0, 0.05) is 48.4 Å². The molecular weight excluding hydrogens is 258 g/mol. The lowest BCUT2D eigenvalue weighted by molar-refractivity contribution is -0.116. The van der Waals surface area contributed by atoms with Crippen LogP contribution in [0.5, 0.6) is 0 Å². The molecule has 19 heavy (non-hydrogen) atoms. The van der Waals surface area contributed by atoms with Crippen molar-refractivity contribution in [2.24, 2.45) is 0 Å². The van der Waals surface area contributed by atoms with Crippen LogP contribution in [0.3, 0.4) is 0 Å². The van der Waals surface area contributed by atoms with Crippen LogP contribution in [0.4, 0.5) is 11.4 Å². The van der Waals surface area contributed by atoms with E-state index in [-0.39, 0.29) is 5.91 Å². The molecule has 1 heterocycles. The van der Waals surface area contributed by atoms with Gasteiger partial charge in [-0.3, -0.25) is 4.79 Å². The van der Waals surface area contributed by atoms with Gasteiger partial charge in [-0.1, -0.05) is 6.92 Å². The summed E-state index contributed by atoms with van der Waals surface area (Å²) in [5.74, 6) is 1.23. The number of rotatable bonds is 4. The van der Waals surface area contributed by atoms with Gasteiger partial charge in [-0.05, 0) is 24.3 Å². The van der Waals surface area contributed by atoms with Crippen LogP contribution in [0.1, 0.15) is 13.3 Å². The summed E-state index contributed by atoms with van der Waals surface area (Å²) in [6.07, 6.45) is 0.543. The fourth-order valence-corrected chi connectivity index (χ4v) is 3.23. The molecule has 1 atom stereocenters. The van der Waals surface area contributed by atoms with Gasteiger partial charge in [-0.25, -0.2) is 0 Å². The second-order valence-corrected chi connectivity index (χ2v) is 6.45. The molecule has 1 fully saturated rings. The van der Waals surface area contributed by atoms with E-state index in [1.165, 1.54) is 5.75 Å². The first-order valence-electron chi connectivity index (χ1n) is 6.63. The minimum atomic E-state index is 0.0654. The molecule has 0 aliphatic carbocycles. The first-order chi connectivity index (χ1) is 9.13. The molecular formula is C14H21N3OS. The van der Waals surface area contributed by atoms with Crippen molar-refractivity contribution in [1.29, 1.82) is 0 Å². The lowest BCUT2D eigenvalue weighted by atomic mass is 10.2. The summed E-state index contributed by atoms with van der Waals surface area (Å²) in [6.45, 7) is 5.25. The fraction of sp³-hybridized carbons (Fsp3) is 0.500. The van der Waals surface area contributed by atoms with Crippen LogP contribution in [-0.2, 0) is 4.79 Å². The number of nitrogen functional groups attached to an aromatic ring is 1. The Balaban J connectivity index is 1.73. The number of amides is 1. The maximum atomic E-state index is 11.8. The molecule has 1 aromatic carbocycles. The average molecular weight is 279 g/mol. The maximum absolute atomic E-state index is 11.8. The number of nitrogens with two attached hydrogens (primary N) is 1. The van der Waals surface area contributed by atoms with E-state index in [2.05, 4.69) is 17.1 Å². The predicted molar refractivity (Wildman–Crippen MR) is 82.5 cm³/mol. The number of nitrogens with zero attached hydrogens (tertiary/aromatic N) is 1. The molecule has 0 spiro atoms. The predicted octanol–water partition coefficient (Wildman–Crippen LogP) is 2.03. The highest BCUT2D eigenvalue weighted by molar-refractivity contribution is 7.99. The molecule has 0 bridgehead atoms. The minimum Gasteiger partial charge on any atom is -0.399 e. The van der Waals surface area contributed by atoms with Crippen molar-refractivity contribution in [3.8, 4) is 0 Å². The molecule has 4 nitrogen and oxygen atoms in total. The Morgan fingerprint density at radius 1 is 1.47 bits per heavy atom. The quantitative estimate of drug-likeness (QED) is 0.828. The second kappa shape index (κ2) is 6.82. The Kier molecular flexibility index (Phi) is 5.10. The van der Waals surface area contributed by atoms with Gasteiger partial charge >= 0.3 is 0 Å². The van der Waals surface area contributed by atoms with Gasteiger partial charge in [0.25, 0.3) is 0 Å². The number of carbonyl (C=O) groups is 1. The highest BCUT2D eigenvalue weighted by Gasteiger charge is 2.17. The topological polar surface area (TPSA) is 58.4 Å². The third-order valence-electron chi connectivity index (χ3n) is 3.17. The zero-order valence-electron chi connectivity index (χ0n) is 11.3.